The van der Waals surface area contributed by atoms with Crippen molar-refractivity contribution >= 4 is 21.9 Å². The Balaban J connectivity index is 1.89. The van der Waals surface area contributed by atoms with Gasteiger partial charge in [-0.2, -0.15) is 14.4 Å². The molecule has 0 bridgehead atoms. The number of hydrogen-bond acceptors (Lipinski definition) is 6. The average Bonchev–Trinajstić information content (AvgIpc) is 3.08. The minimum atomic E-state index is -3.66. The molecule has 24 heavy (non-hydrogen) atoms. The zero-order valence-electron chi connectivity index (χ0n) is 13.0. The molecule has 1 aromatic carbocycles. The first-order valence-electron chi connectivity index (χ1n) is 7.34. The highest BCUT2D eigenvalue weighted by molar-refractivity contribution is 7.89. The lowest BCUT2D eigenvalue weighted by molar-refractivity contribution is 0.0730. The zero-order chi connectivity index (χ0) is 17.2. The topological polar surface area (TPSA) is 117 Å². The van der Waals surface area contributed by atoms with Crippen LogP contribution in [0.3, 0.4) is 0 Å². The third-order valence-corrected chi connectivity index (χ3v) is 5.60. The summed E-state index contributed by atoms with van der Waals surface area (Å²) in [4.78, 5) is 16.3. The van der Waals surface area contributed by atoms with Crippen LogP contribution in [-0.2, 0) is 14.8 Å². The van der Waals surface area contributed by atoms with Gasteiger partial charge >= 0.3 is 0 Å². The molecule has 128 valence electrons. The molecule has 0 radical (unpaired) electrons. The van der Waals surface area contributed by atoms with Crippen LogP contribution in [0.4, 0.5) is 5.95 Å². The summed E-state index contributed by atoms with van der Waals surface area (Å²) in [5.74, 6) is -0.260. The maximum atomic E-state index is 12.7. The Kier molecular flexibility index (Phi) is 4.60. The maximum absolute atomic E-state index is 12.7. The maximum Gasteiger partial charge on any atom is 0.258 e. The number of anilines is 1. The monoisotopic (exact) mass is 351 g/mol. The zero-order valence-corrected chi connectivity index (χ0v) is 13.8. The van der Waals surface area contributed by atoms with Crippen molar-refractivity contribution in [2.75, 3.05) is 31.6 Å². The largest absolute Gasteiger partial charge is 0.379 e. The molecule has 1 aromatic heterocycles. The second-order valence-corrected chi connectivity index (χ2v) is 7.22. The van der Waals surface area contributed by atoms with Gasteiger partial charge in [-0.3, -0.25) is 10.1 Å². The minimum Gasteiger partial charge on any atom is -0.379 e. The number of carbonyl (C=O) groups excluding carboxylic acids is 1. The Morgan fingerprint density at radius 3 is 2.75 bits per heavy atom. The highest BCUT2D eigenvalue weighted by Gasteiger charge is 2.27. The van der Waals surface area contributed by atoms with Crippen LogP contribution in [0.1, 0.15) is 15.9 Å². The first kappa shape index (κ1) is 16.6. The lowest BCUT2D eigenvalue weighted by Gasteiger charge is -2.26. The van der Waals surface area contributed by atoms with Gasteiger partial charge in [0.15, 0.2) is 0 Å². The number of H-pyrrole nitrogens is 1. The number of nitrogens with zero attached hydrogens (tertiary/aromatic N) is 3. The summed E-state index contributed by atoms with van der Waals surface area (Å²) in [5, 5.41) is 8.71. The molecule has 3 rings (SSSR count). The molecule has 0 aliphatic carbocycles. The summed E-state index contributed by atoms with van der Waals surface area (Å²) in [6, 6.07) is 4.50. The van der Waals surface area contributed by atoms with E-state index in [4.69, 9.17) is 4.74 Å². The van der Waals surface area contributed by atoms with Gasteiger partial charge in [-0.1, -0.05) is 6.07 Å². The Morgan fingerprint density at radius 2 is 2.08 bits per heavy atom. The summed E-state index contributed by atoms with van der Waals surface area (Å²) in [6.07, 6.45) is 1.27. The molecule has 1 amide bonds. The van der Waals surface area contributed by atoms with Crippen LogP contribution < -0.4 is 5.32 Å². The van der Waals surface area contributed by atoms with E-state index < -0.39 is 15.9 Å². The summed E-state index contributed by atoms with van der Waals surface area (Å²) in [7, 11) is -3.66. The molecule has 10 heteroatoms. The quantitative estimate of drug-likeness (QED) is 0.823. The second kappa shape index (κ2) is 6.67. The Hall–Kier alpha value is -2.30. The average molecular weight is 351 g/mol. The van der Waals surface area contributed by atoms with Gasteiger partial charge < -0.3 is 4.74 Å². The molecule has 0 saturated carbocycles. The number of nitrogens with one attached hydrogen (secondary N) is 2. The number of benzene rings is 1. The third kappa shape index (κ3) is 3.30. The molecule has 1 aliphatic rings. The summed E-state index contributed by atoms with van der Waals surface area (Å²) >= 11 is 0. The van der Waals surface area contributed by atoms with Crippen LogP contribution in [0.15, 0.2) is 29.4 Å². The van der Waals surface area contributed by atoms with Gasteiger partial charge in [-0.25, -0.2) is 13.5 Å². The molecule has 1 aliphatic heterocycles. The predicted molar refractivity (Wildman–Crippen MR) is 85.1 cm³/mol. The standard InChI is InChI=1S/C14H17N5O4S/c1-10-2-3-11(24(21,22)19-4-6-23-7-5-19)8-12(10)13(20)17-14-15-9-16-18-14/h2-3,8-9H,4-7H2,1H3,(H2,15,16,17,18,20). The number of ether oxygens (including phenoxy) is 1. The highest BCUT2D eigenvalue weighted by atomic mass is 32.2. The Morgan fingerprint density at radius 1 is 1.33 bits per heavy atom. The van der Waals surface area contributed by atoms with E-state index in [0.29, 0.717) is 31.9 Å². The van der Waals surface area contributed by atoms with Gasteiger partial charge in [0, 0.05) is 18.7 Å². The van der Waals surface area contributed by atoms with Crippen molar-refractivity contribution in [3.05, 3.63) is 35.7 Å². The van der Waals surface area contributed by atoms with Crippen molar-refractivity contribution in [3.8, 4) is 0 Å². The second-order valence-electron chi connectivity index (χ2n) is 5.28. The molecule has 2 N–H and O–H groups in total. The third-order valence-electron chi connectivity index (χ3n) is 3.71. The highest BCUT2D eigenvalue weighted by Crippen LogP contribution is 2.21. The van der Waals surface area contributed by atoms with Crippen LogP contribution in [0.2, 0.25) is 0 Å². The van der Waals surface area contributed by atoms with Crippen LogP contribution >= 0.6 is 0 Å². The summed E-state index contributed by atoms with van der Waals surface area (Å²) in [6.45, 7) is 3.07. The Labute approximate surface area is 139 Å². The van der Waals surface area contributed by atoms with E-state index in [9.17, 15) is 13.2 Å². The number of sulfonamides is 1. The smallest absolute Gasteiger partial charge is 0.258 e. The van der Waals surface area contributed by atoms with Crippen LogP contribution in [0.5, 0.6) is 0 Å². The van der Waals surface area contributed by atoms with Gasteiger partial charge in [0.1, 0.15) is 6.33 Å². The van der Waals surface area contributed by atoms with E-state index in [1.165, 1.54) is 22.8 Å². The van der Waals surface area contributed by atoms with Gasteiger partial charge in [-0.15, -0.1) is 0 Å². The van der Waals surface area contributed by atoms with E-state index >= 15 is 0 Å². The van der Waals surface area contributed by atoms with Crippen molar-refractivity contribution in [2.24, 2.45) is 0 Å². The molecule has 0 spiro atoms. The van der Waals surface area contributed by atoms with Crippen molar-refractivity contribution in [1.82, 2.24) is 19.5 Å². The van der Waals surface area contributed by atoms with Crippen LogP contribution in [-0.4, -0.2) is 60.1 Å². The molecular weight excluding hydrogens is 334 g/mol. The van der Waals surface area contributed by atoms with Crippen molar-refractivity contribution in [2.45, 2.75) is 11.8 Å². The van der Waals surface area contributed by atoms with Gasteiger partial charge in [0.25, 0.3) is 5.91 Å². The van der Waals surface area contributed by atoms with E-state index in [1.54, 1.807) is 13.0 Å². The molecule has 0 atom stereocenters. The number of rotatable bonds is 4. The van der Waals surface area contributed by atoms with E-state index in [-0.39, 0.29) is 16.4 Å². The van der Waals surface area contributed by atoms with Gasteiger partial charge in [0.05, 0.1) is 18.1 Å². The number of morpholine rings is 1. The summed E-state index contributed by atoms with van der Waals surface area (Å²) < 4.78 is 31.9. The number of aryl methyl sites for hydroxylation is 1. The predicted octanol–water partition coefficient (Wildman–Crippen LogP) is 0.386. The number of amides is 1. The number of aromatic nitrogens is 3. The van der Waals surface area contributed by atoms with Crippen LogP contribution in [0, 0.1) is 6.92 Å². The Bertz CT molecular complexity index is 829. The van der Waals surface area contributed by atoms with E-state index in [1.807, 2.05) is 0 Å². The minimum absolute atomic E-state index is 0.0812. The summed E-state index contributed by atoms with van der Waals surface area (Å²) in [5.41, 5.74) is 0.925. The van der Waals surface area contributed by atoms with Crippen molar-refractivity contribution in [1.29, 1.82) is 0 Å². The van der Waals surface area contributed by atoms with Crippen LogP contribution in [0.25, 0.3) is 0 Å². The number of carbonyl (C=O) groups is 1. The molecular formula is C14H17N5O4S. The molecule has 0 unspecified atom stereocenters. The van der Waals surface area contributed by atoms with Gasteiger partial charge in [-0.05, 0) is 24.6 Å². The number of hydrogen-bond donors (Lipinski definition) is 2. The first-order valence-corrected chi connectivity index (χ1v) is 8.78. The molecule has 2 heterocycles. The van der Waals surface area contributed by atoms with E-state index in [2.05, 4.69) is 20.5 Å². The first-order chi connectivity index (χ1) is 11.5. The molecule has 9 nitrogen and oxygen atoms in total. The SMILES string of the molecule is Cc1ccc(S(=O)(=O)N2CCOCC2)cc1C(=O)Nc1ncn[nH]1. The van der Waals surface area contributed by atoms with Crippen molar-refractivity contribution in [3.63, 3.8) is 0 Å². The lowest BCUT2D eigenvalue weighted by Crippen LogP contribution is -2.40. The lowest BCUT2D eigenvalue weighted by atomic mass is 10.1. The number of aromatic amines is 1. The normalized spacial score (nSPS) is 16.0. The fourth-order valence-electron chi connectivity index (χ4n) is 2.38. The molecule has 1 fully saturated rings. The molecule has 2 aromatic rings. The molecule has 1 saturated heterocycles. The fourth-order valence-corrected chi connectivity index (χ4v) is 3.82. The van der Waals surface area contributed by atoms with Gasteiger partial charge in [0.2, 0.25) is 16.0 Å². The van der Waals surface area contributed by atoms with E-state index in [0.717, 1.165) is 0 Å². The fraction of sp³-hybridized carbons (Fsp3) is 0.357. The van der Waals surface area contributed by atoms with Crippen molar-refractivity contribution < 1.29 is 17.9 Å².